The van der Waals surface area contributed by atoms with Gasteiger partial charge in [-0.1, -0.05) is 30.3 Å². The summed E-state index contributed by atoms with van der Waals surface area (Å²) in [5.41, 5.74) is 0.990. The van der Waals surface area contributed by atoms with E-state index < -0.39 is 0 Å². The normalized spacial score (nSPS) is 10.4. The first-order chi connectivity index (χ1) is 9.29. The lowest BCUT2D eigenvalue weighted by Crippen LogP contribution is -2.19. The van der Waals surface area contributed by atoms with Crippen molar-refractivity contribution in [2.75, 3.05) is 13.2 Å². The Balaban J connectivity index is 2.05. The van der Waals surface area contributed by atoms with Gasteiger partial charge < -0.3 is 14.4 Å². The quantitative estimate of drug-likeness (QED) is 0.803. The van der Waals surface area contributed by atoms with Crippen molar-refractivity contribution < 1.29 is 9.84 Å². The summed E-state index contributed by atoms with van der Waals surface area (Å²) in [4.78, 5) is 11.9. The van der Waals surface area contributed by atoms with E-state index in [1.807, 2.05) is 30.3 Å². The first-order valence-electron chi connectivity index (χ1n) is 6.27. The van der Waals surface area contributed by atoms with Crippen molar-refractivity contribution >= 4 is 0 Å². The zero-order valence-electron chi connectivity index (χ0n) is 10.7. The Morgan fingerprint density at radius 1 is 1.16 bits per heavy atom. The van der Waals surface area contributed by atoms with Crippen LogP contribution in [0.1, 0.15) is 12.0 Å². The number of ether oxygens (including phenoxy) is 1. The van der Waals surface area contributed by atoms with Crippen molar-refractivity contribution in [2.24, 2.45) is 0 Å². The molecule has 2 aromatic rings. The van der Waals surface area contributed by atoms with Gasteiger partial charge in [0.15, 0.2) is 0 Å². The molecular formula is C15H17NO3. The minimum atomic E-state index is -0.0923. The minimum absolute atomic E-state index is 0.0884. The van der Waals surface area contributed by atoms with E-state index in [1.54, 1.807) is 16.8 Å². The van der Waals surface area contributed by atoms with E-state index >= 15 is 0 Å². The Morgan fingerprint density at radius 3 is 2.63 bits per heavy atom. The van der Waals surface area contributed by atoms with Gasteiger partial charge in [-0.05, 0) is 11.6 Å². The smallest absolute Gasteiger partial charge is 0.254 e. The predicted octanol–water partition coefficient (Wildman–Crippen LogP) is 1.66. The standard InChI is InChI=1S/C15H17NO3/c17-9-4-10-19-14-7-8-16(15(18)11-14)12-13-5-2-1-3-6-13/h1-3,5-8,11,17H,4,9-10,12H2. The molecule has 0 saturated carbocycles. The zero-order valence-corrected chi connectivity index (χ0v) is 10.7. The van der Waals surface area contributed by atoms with Crippen LogP contribution in [0, 0.1) is 0 Å². The number of nitrogens with zero attached hydrogens (tertiary/aromatic N) is 1. The fraction of sp³-hybridized carbons (Fsp3) is 0.267. The van der Waals surface area contributed by atoms with Crippen molar-refractivity contribution in [1.29, 1.82) is 0 Å². The minimum Gasteiger partial charge on any atom is -0.493 e. The van der Waals surface area contributed by atoms with Crippen LogP contribution in [0.4, 0.5) is 0 Å². The van der Waals surface area contributed by atoms with Gasteiger partial charge in [0.2, 0.25) is 0 Å². The fourth-order valence-electron chi connectivity index (χ4n) is 1.74. The highest BCUT2D eigenvalue weighted by atomic mass is 16.5. The van der Waals surface area contributed by atoms with Crippen molar-refractivity contribution in [2.45, 2.75) is 13.0 Å². The lowest BCUT2D eigenvalue weighted by atomic mass is 10.2. The second-order valence-electron chi connectivity index (χ2n) is 4.24. The van der Waals surface area contributed by atoms with Crippen LogP contribution in [0.3, 0.4) is 0 Å². The maximum atomic E-state index is 11.9. The van der Waals surface area contributed by atoms with E-state index in [0.717, 1.165) is 5.56 Å². The van der Waals surface area contributed by atoms with Gasteiger partial charge in [-0.3, -0.25) is 4.79 Å². The molecule has 100 valence electrons. The lowest BCUT2D eigenvalue weighted by molar-refractivity contribution is 0.233. The van der Waals surface area contributed by atoms with Crippen LogP contribution in [-0.2, 0) is 6.54 Å². The van der Waals surface area contributed by atoms with Crippen LogP contribution in [0.25, 0.3) is 0 Å². The summed E-state index contributed by atoms with van der Waals surface area (Å²) in [6.45, 7) is 1.06. The van der Waals surface area contributed by atoms with E-state index in [4.69, 9.17) is 9.84 Å². The summed E-state index contributed by atoms with van der Waals surface area (Å²) < 4.78 is 6.99. The summed E-state index contributed by atoms with van der Waals surface area (Å²) >= 11 is 0. The molecule has 0 aliphatic heterocycles. The number of pyridine rings is 1. The number of rotatable bonds is 6. The average molecular weight is 259 g/mol. The molecule has 0 atom stereocenters. The highest BCUT2D eigenvalue weighted by Crippen LogP contribution is 2.07. The van der Waals surface area contributed by atoms with E-state index in [2.05, 4.69) is 0 Å². The molecule has 4 nitrogen and oxygen atoms in total. The van der Waals surface area contributed by atoms with Gasteiger partial charge in [-0.2, -0.15) is 0 Å². The van der Waals surface area contributed by atoms with Crippen LogP contribution in [0.5, 0.6) is 5.75 Å². The fourth-order valence-corrected chi connectivity index (χ4v) is 1.74. The molecule has 19 heavy (non-hydrogen) atoms. The van der Waals surface area contributed by atoms with Crippen molar-refractivity contribution in [1.82, 2.24) is 4.57 Å². The molecule has 1 aromatic heterocycles. The number of aliphatic hydroxyl groups is 1. The molecule has 0 fully saturated rings. The summed E-state index contributed by atoms with van der Waals surface area (Å²) in [7, 11) is 0. The van der Waals surface area contributed by atoms with E-state index in [0.29, 0.717) is 25.3 Å². The number of hydrogen-bond donors (Lipinski definition) is 1. The molecule has 1 aromatic carbocycles. The van der Waals surface area contributed by atoms with Crippen LogP contribution < -0.4 is 10.3 Å². The number of benzene rings is 1. The molecule has 0 radical (unpaired) electrons. The summed E-state index contributed by atoms with van der Waals surface area (Å²) in [6, 6.07) is 13.1. The predicted molar refractivity (Wildman–Crippen MR) is 73.4 cm³/mol. The zero-order chi connectivity index (χ0) is 13.5. The second-order valence-corrected chi connectivity index (χ2v) is 4.24. The molecule has 1 heterocycles. The first-order valence-corrected chi connectivity index (χ1v) is 6.27. The third kappa shape index (κ3) is 3.96. The van der Waals surface area contributed by atoms with Gasteiger partial charge in [-0.15, -0.1) is 0 Å². The van der Waals surface area contributed by atoms with Crippen molar-refractivity contribution in [3.63, 3.8) is 0 Å². The number of hydrogen-bond acceptors (Lipinski definition) is 3. The molecule has 0 bridgehead atoms. The maximum Gasteiger partial charge on any atom is 0.254 e. The Hall–Kier alpha value is -2.07. The van der Waals surface area contributed by atoms with E-state index in [-0.39, 0.29) is 12.2 Å². The first kappa shape index (κ1) is 13.4. The monoisotopic (exact) mass is 259 g/mol. The van der Waals surface area contributed by atoms with Gasteiger partial charge in [0.05, 0.1) is 13.2 Å². The summed E-state index contributed by atoms with van der Waals surface area (Å²) in [5.74, 6) is 0.544. The average Bonchev–Trinajstić information content (AvgIpc) is 2.43. The van der Waals surface area contributed by atoms with E-state index in [1.165, 1.54) is 6.07 Å². The maximum absolute atomic E-state index is 11.9. The van der Waals surface area contributed by atoms with Gasteiger partial charge >= 0.3 is 0 Å². The number of aromatic nitrogens is 1. The van der Waals surface area contributed by atoms with Crippen LogP contribution >= 0.6 is 0 Å². The van der Waals surface area contributed by atoms with E-state index in [9.17, 15) is 4.79 Å². The lowest BCUT2D eigenvalue weighted by Gasteiger charge is -2.08. The largest absolute Gasteiger partial charge is 0.493 e. The molecule has 0 amide bonds. The van der Waals surface area contributed by atoms with Crippen LogP contribution in [0.2, 0.25) is 0 Å². The molecule has 2 rings (SSSR count). The third-order valence-corrected chi connectivity index (χ3v) is 2.73. The topological polar surface area (TPSA) is 51.5 Å². The summed E-state index contributed by atoms with van der Waals surface area (Å²) in [5, 5.41) is 8.66. The van der Waals surface area contributed by atoms with Gasteiger partial charge in [0.25, 0.3) is 5.56 Å². The Kier molecular flexibility index (Phi) is 4.75. The summed E-state index contributed by atoms with van der Waals surface area (Å²) in [6.07, 6.45) is 2.29. The number of aliphatic hydroxyl groups excluding tert-OH is 1. The molecular weight excluding hydrogens is 242 g/mol. The molecule has 0 unspecified atom stereocenters. The Morgan fingerprint density at radius 2 is 1.95 bits per heavy atom. The van der Waals surface area contributed by atoms with Gasteiger partial charge in [0.1, 0.15) is 5.75 Å². The SMILES string of the molecule is O=c1cc(OCCCO)ccn1Cc1ccccc1. The van der Waals surface area contributed by atoms with Gasteiger partial charge in [0, 0.05) is 25.3 Å². The Labute approximate surface area is 111 Å². The molecule has 0 saturated heterocycles. The second kappa shape index (κ2) is 6.75. The molecule has 1 N–H and O–H groups in total. The molecule has 0 aliphatic carbocycles. The van der Waals surface area contributed by atoms with Crippen LogP contribution in [-0.4, -0.2) is 22.9 Å². The Bertz CT molecular complexity index is 563. The molecule has 4 heteroatoms. The van der Waals surface area contributed by atoms with Gasteiger partial charge in [-0.25, -0.2) is 0 Å². The molecule has 0 spiro atoms. The third-order valence-electron chi connectivity index (χ3n) is 2.73. The van der Waals surface area contributed by atoms with Crippen molar-refractivity contribution in [3.8, 4) is 5.75 Å². The van der Waals surface area contributed by atoms with Crippen molar-refractivity contribution in [3.05, 3.63) is 64.6 Å². The highest BCUT2D eigenvalue weighted by Gasteiger charge is 2.00. The van der Waals surface area contributed by atoms with Crippen LogP contribution in [0.15, 0.2) is 53.5 Å². The molecule has 0 aliphatic rings. The highest BCUT2D eigenvalue weighted by molar-refractivity contribution is 5.20.